The molecule has 0 radical (unpaired) electrons. The topological polar surface area (TPSA) is 45.5 Å². The molecule has 4 nitrogen and oxygen atoms in total. The Morgan fingerprint density at radius 2 is 2.04 bits per heavy atom. The molecule has 1 aromatic carbocycles. The second-order valence-corrected chi connectivity index (χ2v) is 7.66. The summed E-state index contributed by atoms with van der Waals surface area (Å²) in [6.45, 7) is 5.75. The number of carbonyl (C=O) groups is 1. The van der Waals surface area contributed by atoms with Crippen LogP contribution in [0.2, 0.25) is 0 Å². The number of allylic oxidation sites excluding steroid dienone is 1. The number of aryl methyl sites for hydroxylation is 1. The van der Waals surface area contributed by atoms with Crippen molar-refractivity contribution in [2.75, 3.05) is 13.7 Å². The molecular formula is C21H26N2O2. The van der Waals surface area contributed by atoms with E-state index in [1.807, 2.05) is 0 Å². The van der Waals surface area contributed by atoms with E-state index in [1.165, 1.54) is 22.2 Å². The standard InChI is InChI=1S/C21H26N2O2/c1-12(13(2)25)15-9-20-21-16(10-19(22(20)3)17(15)11-24)14-7-5-6-8-18(14)23(21)4/h5-8,15,17,19-20,24H,1,9-11H2,2-4H3. The molecule has 1 saturated heterocycles. The number of piperidine rings is 1. The number of hydrogen-bond acceptors (Lipinski definition) is 3. The number of hydrogen-bond donors (Lipinski definition) is 1. The van der Waals surface area contributed by atoms with Gasteiger partial charge in [0.1, 0.15) is 0 Å². The smallest absolute Gasteiger partial charge is 0.155 e. The van der Waals surface area contributed by atoms with Gasteiger partial charge in [0.05, 0.1) is 6.04 Å². The summed E-state index contributed by atoms with van der Waals surface area (Å²) in [5.74, 6) is 0.160. The van der Waals surface area contributed by atoms with Gasteiger partial charge in [-0.3, -0.25) is 9.69 Å². The van der Waals surface area contributed by atoms with Gasteiger partial charge in [-0.1, -0.05) is 24.8 Å². The van der Waals surface area contributed by atoms with E-state index in [2.05, 4.69) is 54.4 Å². The number of aliphatic hydroxyl groups is 1. The van der Waals surface area contributed by atoms with Crippen LogP contribution in [-0.2, 0) is 18.3 Å². The lowest BCUT2D eigenvalue weighted by atomic mass is 9.68. The van der Waals surface area contributed by atoms with Gasteiger partial charge in [0.2, 0.25) is 0 Å². The van der Waals surface area contributed by atoms with Crippen LogP contribution < -0.4 is 0 Å². The normalized spacial score (nSPS) is 28.8. The minimum atomic E-state index is 0.0448. The molecule has 4 unspecified atom stereocenters. The third-order valence-corrected chi connectivity index (χ3v) is 6.60. The summed E-state index contributed by atoms with van der Waals surface area (Å²) in [7, 11) is 4.30. The number of aromatic nitrogens is 1. The molecular weight excluding hydrogens is 312 g/mol. The number of nitrogens with zero attached hydrogens (tertiary/aromatic N) is 2. The fraction of sp³-hybridized carbons (Fsp3) is 0.476. The van der Waals surface area contributed by atoms with Gasteiger partial charge in [0.15, 0.2) is 5.78 Å². The lowest BCUT2D eigenvalue weighted by Crippen LogP contribution is -2.54. The summed E-state index contributed by atoms with van der Waals surface area (Å²) in [5, 5.41) is 11.4. The van der Waals surface area contributed by atoms with Gasteiger partial charge in [0, 0.05) is 42.2 Å². The Balaban J connectivity index is 1.87. The molecule has 0 saturated carbocycles. The SMILES string of the molecule is C=C(C(C)=O)C1CC2c3c(c4ccccc4n3C)CC(C1CO)N2C. The van der Waals surface area contributed by atoms with Crippen molar-refractivity contribution in [3.05, 3.63) is 47.7 Å². The first-order valence-electron chi connectivity index (χ1n) is 9.04. The molecule has 1 fully saturated rings. The van der Waals surface area contributed by atoms with E-state index in [1.54, 1.807) is 6.92 Å². The maximum absolute atomic E-state index is 12.0. The Morgan fingerprint density at radius 1 is 1.32 bits per heavy atom. The summed E-state index contributed by atoms with van der Waals surface area (Å²) < 4.78 is 2.31. The molecule has 1 N–H and O–H groups in total. The zero-order valence-electron chi connectivity index (χ0n) is 15.2. The Hall–Kier alpha value is -1.91. The minimum Gasteiger partial charge on any atom is -0.396 e. The van der Waals surface area contributed by atoms with E-state index in [9.17, 15) is 9.90 Å². The molecule has 1 aromatic heterocycles. The highest BCUT2D eigenvalue weighted by Gasteiger charge is 2.48. The highest BCUT2D eigenvalue weighted by molar-refractivity contribution is 5.93. The molecule has 0 spiro atoms. The lowest BCUT2D eigenvalue weighted by molar-refractivity contribution is -0.115. The third-order valence-electron chi connectivity index (χ3n) is 6.60. The Kier molecular flexibility index (Phi) is 3.85. The lowest BCUT2D eigenvalue weighted by Gasteiger charge is -2.51. The highest BCUT2D eigenvalue weighted by atomic mass is 16.3. The Labute approximate surface area is 148 Å². The van der Waals surface area contributed by atoms with Crippen molar-refractivity contribution in [2.45, 2.75) is 31.8 Å². The van der Waals surface area contributed by atoms with E-state index in [4.69, 9.17) is 0 Å². The molecule has 4 heteroatoms. The largest absolute Gasteiger partial charge is 0.396 e. The fourth-order valence-electron chi connectivity index (χ4n) is 5.23. The average molecular weight is 338 g/mol. The zero-order chi connectivity index (χ0) is 17.9. The Morgan fingerprint density at radius 3 is 2.72 bits per heavy atom. The summed E-state index contributed by atoms with van der Waals surface area (Å²) in [4.78, 5) is 14.4. The first kappa shape index (κ1) is 16.6. The van der Waals surface area contributed by atoms with Gasteiger partial charge < -0.3 is 9.67 Å². The molecule has 2 aliphatic heterocycles. The predicted octanol–water partition coefficient (Wildman–Crippen LogP) is 2.85. The fourth-order valence-corrected chi connectivity index (χ4v) is 5.23. The Bertz CT molecular complexity index is 866. The molecule has 4 rings (SSSR count). The van der Waals surface area contributed by atoms with Crippen LogP contribution >= 0.6 is 0 Å². The summed E-state index contributed by atoms with van der Waals surface area (Å²) in [6.07, 6.45) is 1.75. The van der Waals surface area contributed by atoms with Crippen LogP contribution in [-0.4, -0.2) is 40.1 Å². The number of aliphatic hydroxyl groups excluding tert-OH is 1. The van der Waals surface area contributed by atoms with E-state index < -0.39 is 0 Å². The molecule has 2 bridgehead atoms. The number of ketones is 1. The number of carbonyl (C=O) groups excluding carboxylic acids is 1. The van der Waals surface area contributed by atoms with Crippen LogP contribution in [0.3, 0.4) is 0 Å². The molecule has 25 heavy (non-hydrogen) atoms. The molecule has 2 aromatic rings. The maximum Gasteiger partial charge on any atom is 0.155 e. The van der Waals surface area contributed by atoms with Gasteiger partial charge in [-0.05, 0) is 49.9 Å². The van der Waals surface area contributed by atoms with Crippen molar-refractivity contribution in [1.29, 1.82) is 0 Å². The van der Waals surface area contributed by atoms with Crippen LogP contribution in [0.4, 0.5) is 0 Å². The molecule has 4 atom stereocenters. The van der Waals surface area contributed by atoms with E-state index >= 15 is 0 Å². The van der Waals surface area contributed by atoms with E-state index in [0.717, 1.165) is 12.8 Å². The number of fused-ring (bicyclic) bond motifs is 6. The number of rotatable bonds is 3. The first-order valence-corrected chi connectivity index (χ1v) is 9.04. The van der Waals surface area contributed by atoms with E-state index in [0.29, 0.717) is 5.57 Å². The van der Waals surface area contributed by atoms with Gasteiger partial charge in [-0.15, -0.1) is 0 Å². The average Bonchev–Trinajstić information content (AvgIpc) is 2.87. The van der Waals surface area contributed by atoms with Crippen molar-refractivity contribution >= 4 is 16.7 Å². The summed E-state index contributed by atoms with van der Waals surface area (Å²) in [6, 6.07) is 9.06. The first-order chi connectivity index (χ1) is 12.0. The van der Waals surface area contributed by atoms with Crippen LogP contribution in [0.25, 0.3) is 10.9 Å². The number of para-hydroxylation sites is 1. The minimum absolute atomic E-state index is 0.0448. The maximum atomic E-state index is 12.0. The number of benzene rings is 1. The van der Waals surface area contributed by atoms with Crippen molar-refractivity contribution in [2.24, 2.45) is 18.9 Å². The second-order valence-electron chi connectivity index (χ2n) is 7.66. The number of likely N-dealkylation sites (N-methyl/N-ethyl adjacent to an activating group) is 1. The molecule has 3 heterocycles. The van der Waals surface area contributed by atoms with Gasteiger partial charge >= 0.3 is 0 Å². The van der Waals surface area contributed by atoms with Crippen molar-refractivity contribution in [1.82, 2.24) is 9.47 Å². The van der Waals surface area contributed by atoms with Gasteiger partial charge in [0.25, 0.3) is 0 Å². The monoisotopic (exact) mass is 338 g/mol. The second kappa shape index (κ2) is 5.82. The number of Topliss-reactive ketones (excluding diaryl/α,β-unsaturated/α-hetero) is 1. The quantitative estimate of drug-likeness (QED) is 0.876. The van der Waals surface area contributed by atoms with Gasteiger partial charge in [-0.25, -0.2) is 0 Å². The van der Waals surface area contributed by atoms with Crippen molar-refractivity contribution in [3.63, 3.8) is 0 Å². The van der Waals surface area contributed by atoms with E-state index in [-0.39, 0.29) is 36.3 Å². The highest BCUT2D eigenvalue weighted by Crippen LogP contribution is 2.49. The predicted molar refractivity (Wildman–Crippen MR) is 99.4 cm³/mol. The third kappa shape index (κ3) is 2.24. The molecule has 132 valence electrons. The summed E-state index contributed by atoms with van der Waals surface area (Å²) in [5.41, 5.74) is 4.70. The van der Waals surface area contributed by atoms with Crippen molar-refractivity contribution in [3.8, 4) is 0 Å². The van der Waals surface area contributed by atoms with Gasteiger partial charge in [-0.2, -0.15) is 0 Å². The van der Waals surface area contributed by atoms with Crippen LogP contribution in [0.5, 0.6) is 0 Å². The molecule has 2 aliphatic rings. The zero-order valence-corrected chi connectivity index (χ0v) is 15.2. The van der Waals surface area contributed by atoms with Crippen molar-refractivity contribution < 1.29 is 9.90 Å². The molecule has 0 aliphatic carbocycles. The summed E-state index contributed by atoms with van der Waals surface area (Å²) >= 11 is 0. The van der Waals surface area contributed by atoms with Crippen LogP contribution in [0.1, 0.15) is 30.6 Å². The van der Waals surface area contributed by atoms with Crippen LogP contribution in [0, 0.1) is 11.8 Å². The molecule has 0 amide bonds. The van der Waals surface area contributed by atoms with Crippen LogP contribution in [0.15, 0.2) is 36.4 Å².